The molecule has 0 saturated carbocycles. The fourth-order valence-electron chi connectivity index (χ4n) is 3.53. The molecule has 3 nitrogen and oxygen atoms in total. The molecule has 2 heterocycles. The number of benzene rings is 1. The van der Waals surface area contributed by atoms with Gasteiger partial charge in [-0.3, -0.25) is 4.79 Å². The molecule has 1 aromatic carbocycles. The lowest BCUT2D eigenvalue weighted by molar-refractivity contribution is -0.121. The fraction of sp³-hybridized carbons (Fsp3) is 0.588. The molecule has 108 valence electrons. The van der Waals surface area contributed by atoms with E-state index < -0.39 is 0 Å². The number of fused-ring (bicyclic) bond motifs is 2. The number of carbonyl (C=O) groups excluding carboxylic acids is 1. The predicted molar refractivity (Wildman–Crippen MR) is 80.6 cm³/mol. The average Bonchev–Trinajstić information content (AvgIpc) is 2.78. The number of rotatable bonds is 4. The maximum absolute atomic E-state index is 12.1. The lowest BCUT2D eigenvalue weighted by Crippen LogP contribution is -2.48. The van der Waals surface area contributed by atoms with Crippen LogP contribution in [0.15, 0.2) is 24.3 Å². The minimum absolute atomic E-state index is 0.167. The maximum Gasteiger partial charge on any atom is 0.224 e. The summed E-state index contributed by atoms with van der Waals surface area (Å²) in [6.45, 7) is 2.15. The van der Waals surface area contributed by atoms with E-state index in [1.54, 1.807) is 0 Å². The van der Waals surface area contributed by atoms with Gasteiger partial charge < -0.3 is 10.6 Å². The first-order valence-electron chi connectivity index (χ1n) is 7.86. The van der Waals surface area contributed by atoms with Gasteiger partial charge in [-0.05, 0) is 43.2 Å². The first kappa shape index (κ1) is 13.6. The third kappa shape index (κ3) is 3.21. The average molecular weight is 272 g/mol. The molecular formula is C17H24N2O. The van der Waals surface area contributed by atoms with Crippen LogP contribution in [0.3, 0.4) is 0 Å². The number of carbonyl (C=O) groups is 1. The summed E-state index contributed by atoms with van der Waals surface area (Å²) in [5.41, 5.74) is 2.43. The Morgan fingerprint density at radius 1 is 1.15 bits per heavy atom. The van der Waals surface area contributed by atoms with E-state index in [9.17, 15) is 4.79 Å². The highest BCUT2D eigenvalue weighted by Crippen LogP contribution is 2.26. The molecule has 2 fully saturated rings. The molecule has 2 aliphatic rings. The van der Waals surface area contributed by atoms with Gasteiger partial charge in [0.15, 0.2) is 0 Å². The van der Waals surface area contributed by atoms with Crippen LogP contribution in [0.4, 0.5) is 0 Å². The normalized spacial score (nSPS) is 28.4. The van der Waals surface area contributed by atoms with Crippen molar-refractivity contribution in [3.05, 3.63) is 35.4 Å². The van der Waals surface area contributed by atoms with Gasteiger partial charge in [-0.2, -0.15) is 0 Å². The van der Waals surface area contributed by atoms with E-state index in [4.69, 9.17) is 0 Å². The Balaban J connectivity index is 1.51. The molecule has 3 heteroatoms. The number of piperidine rings is 1. The van der Waals surface area contributed by atoms with Gasteiger partial charge in [0.25, 0.3) is 0 Å². The summed E-state index contributed by atoms with van der Waals surface area (Å²) in [6, 6.07) is 10.0. The predicted octanol–water partition coefficient (Wildman–Crippen LogP) is 2.19. The highest BCUT2D eigenvalue weighted by Gasteiger charge is 2.33. The lowest BCUT2D eigenvalue weighted by Gasteiger charge is -2.29. The van der Waals surface area contributed by atoms with Crippen molar-refractivity contribution in [2.75, 3.05) is 0 Å². The highest BCUT2D eigenvalue weighted by molar-refractivity contribution is 5.78. The Hall–Kier alpha value is -1.35. The lowest BCUT2D eigenvalue weighted by atomic mass is 9.99. The van der Waals surface area contributed by atoms with Gasteiger partial charge in [-0.1, -0.05) is 31.2 Å². The van der Waals surface area contributed by atoms with Crippen LogP contribution in [0.1, 0.15) is 43.7 Å². The van der Waals surface area contributed by atoms with Crippen LogP contribution in [-0.2, 0) is 17.6 Å². The summed E-state index contributed by atoms with van der Waals surface area (Å²) in [6.07, 6.45) is 6.28. The number of hydrogen-bond donors (Lipinski definition) is 2. The molecule has 2 atom stereocenters. The molecule has 2 N–H and O–H groups in total. The molecule has 3 rings (SSSR count). The van der Waals surface area contributed by atoms with Crippen LogP contribution in [0.2, 0.25) is 0 Å². The third-order valence-electron chi connectivity index (χ3n) is 4.63. The zero-order chi connectivity index (χ0) is 13.9. The second kappa shape index (κ2) is 5.96. The molecule has 20 heavy (non-hydrogen) atoms. The van der Waals surface area contributed by atoms with Crippen molar-refractivity contribution >= 4 is 5.91 Å². The van der Waals surface area contributed by atoms with E-state index in [1.807, 2.05) is 0 Å². The van der Waals surface area contributed by atoms with Gasteiger partial charge in [-0.15, -0.1) is 0 Å². The van der Waals surface area contributed by atoms with Crippen molar-refractivity contribution < 1.29 is 4.79 Å². The minimum Gasteiger partial charge on any atom is -0.353 e. The molecule has 2 unspecified atom stereocenters. The van der Waals surface area contributed by atoms with Crippen LogP contribution in [0.25, 0.3) is 0 Å². The molecule has 1 amide bonds. The van der Waals surface area contributed by atoms with Crippen molar-refractivity contribution in [1.29, 1.82) is 0 Å². The van der Waals surface area contributed by atoms with Crippen molar-refractivity contribution in [2.45, 2.75) is 63.6 Å². The summed E-state index contributed by atoms with van der Waals surface area (Å²) in [4.78, 5) is 12.1. The zero-order valence-corrected chi connectivity index (χ0v) is 12.2. The number of aryl methyl sites for hydroxylation is 1. The second-order valence-electron chi connectivity index (χ2n) is 6.22. The van der Waals surface area contributed by atoms with Gasteiger partial charge in [0, 0.05) is 18.1 Å². The molecule has 0 spiro atoms. The summed E-state index contributed by atoms with van der Waals surface area (Å²) in [5, 5.41) is 6.82. The van der Waals surface area contributed by atoms with Gasteiger partial charge in [0.2, 0.25) is 5.91 Å². The Morgan fingerprint density at radius 2 is 1.75 bits per heavy atom. The maximum atomic E-state index is 12.1. The first-order valence-corrected chi connectivity index (χ1v) is 7.86. The standard InChI is InChI=1S/C17H24N2O/c1-2-12-3-5-13(6-4-12)9-17(20)19-16-10-14-7-8-15(11-16)18-14/h3-6,14-16,18H,2,7-11H2,1H3,(H,19,20). The summed E-state index contributed by atoms with van der Waals surface area (Å²) in [5.74, 6) is 0.167. The first-order chi connectivity index (χ1) is 9.72. The quantitative estimate of drug-likeness (QED) is 0.882. The van der Waals surface area contributed by atoms with Gasteiger partial charge in [0.1, 0.15) is 0 Å². The minimum atomic E-state index is 0.167. The van der Waals surface area contributed by atoms with E-state index in [0.717, 1.165) is 24.8 Å². The topological polar surface area (TPSA) is 41.1 Å². The third-order valence-corrected chi connectivity index (χ3v) is 4.63. The number of amides is 1. The zero-order valence-electron chi connectivity index (χ0n) is 12.2. The van der Waals surface area contributed by atoms with Crippen LogP contribution in [-0.4, -0.2) is 24.0 Å². The molecule has 2 saturated heterocycles. The SMILES string of the molecule is CCc1ccc(CC(=O)NC2CC3CCC(C2)N3)cc1. The fourth-order valence-corrected chi connectivity index (χ4v) is 3.53. The van der Waals surface area contributed by atoms with Crippen LogP contribution < -0.4 is 10.6 Å². The van der Waals surface area contributed by atoms with E-state index in [2.05, 4.69) is 41.8 Å². The summed E-state index contributed by atoms with van der Waals surface area (Å²) < 4.78 is 0. The monoisotopic (exact) mass is 272 g/mol. The molecule has 0 aliphatic carbocycles. The van der Waals surface area contributed by atoms with E-state index in [-0.39, 0.29) is 5.91 Å². The van der Waals surface area contributed by atoms with Crippen molar-refractivity contribution in [3.8, 4) is 0 Å². The Morgan fingerprint density at radius 3 is 2.35 bits per heavy atom. The second-order valence-corrected chi connectivity index (χ2v) is 6.22. The summed E-state index contributed by atoms with van der Waals surface area (Å²) >= 11 is 0. The smallest absolute Gasteiger partial charge is 0.224 e. The van der Waals surface area contributed by atoms with Gasteiger partial charge >= 0.3 is 0 Å². The van der Waals surface area contributed by atoms with E-state index in [1.165, 1.54) is 18.4 Å². The molecule has 2 bridgehead atoms. The van der Waals surface area contributed by atoms with Gasteiger partial charge in [-0.25, -0.2) is 0 Å². The Bertz CT molecular complexity index is 456. The molecule has 0 aromatic heterocycles. The van der Waals surface area contributed by atoms with Crippen LogP contribution in [0.5, 0.6) is 0 Å². The van der Waals surface area contributed by atoms with E-state index >= 15 is 0 Å². The Labute approximate surface area is 121 Å². The Kier molecular flexibility index (Phi) is 4.06. The van der Waals surface area contributed by atoms with E-state index in [0.29, 0.717) is 24.5 Å². The summed E-state index contributed by atoms with van der Waals surface area (Å²) in [7, 11) is 0. The van der Waals surface area contributed by atoms with Gasteiger partial charge in [0.05, 0.1) is 6.42 Å². The molecular weight excluding hydrogens is 248 g/mol. The highest BCUT2D eigenvalue weighted by atomic mass is 16.1. The number of hydrogen-bond acceptors (Lipinski definition) is 2. The van der Waals surface area contributed by atoms with Crippen molar-refractivity contribution in [1.82, 2.24) is 10.6 Å². The molecule has 1 aromatic rings. The number of nitrogens with one attached hydrogen (secondary N) is 2. The van der Waals surface area contributed by atoms with Crippen LogP contribution in [0, 0.1) is 0 Å². The molecule has 0 radical (unpaired) electrons. The van der Waals surface area contributed by atoms with Crippen molar-refractivity contribution in [2.24, 2.45) is 0 Å². The van der Waals surface area contributed by atoms with Crippen LogP contribution >= 0.6 is 0 Å². The van der Waals surface area contributed by atoms with Crippen molar-refractivity contribution in [3.63, 3.8) is 0 Å². The largest absolute Gasteiger partial charge is 0.353 e. The molecule has 2 aliphatic heterocycles.